The second-order valence-corrected chi connectivity index (χ2v) is 7.39. The molecule has 0 saturated carbocycles. The molecule has 142 valence electrons. The van der Waals surface area contributed by atoms with Crippen molar-refractivity contribution in [3.05, 3.63) is 41.0 Å². The van der Waals surface area contributed by atoms with Gasteiger partial charge in [0.15, 0.2) is 0 Å². The Morgan fingerprint density at radius 1 is 0.926 bits per heavy atom. The molecule has 27 heavy (non-hydrogen) atoms. The molecule has 0 amide bonds. The summed E-state index contributed by atoms with van der Waals surface area (Å²) >= 11 is 0. The molecule has 0 aromatic heterocycles. The van der Waals surface area contributed by atoms with E-state index in [1.165, 1.54) is 11.1 Å². The molecular weight excluding hydrogens is 344 g/mol. The molecule has 2 saturated heterocycles. The number of allylic oxidation sites excluding steroid dienone is 2. The van der Waals surface area contributed by atoms with Crippen molar-refractivity contribution in [3.63, 3.8) is 0 Å². The van der Waals surface area contributed by atoms with E-state index >= 15 is 0 Å². The monoisotopic (exact) mass is 368 g/mol. The molecule has 3 aliphatic rings. The van der Waals surface area contributed by atoms with Crippen LogP contribution in [0.25, 0.3) is 10.8 Å². The van der Waals surface area contributed by atoms with Gasteiger partial charge in [-0.1, -0.05) is 12.2 Å². The van der Waals surface area contributed by atoms with Crippen molar-refractivity contribution < 1.29 is 23.7 Å². The van der Waals surface area contributed by atoms with Gasteiger partial charge in [-0.15, -0.1) is 0 Å². The maximum absolute atomic E-state index is 6.31. The summed E-state index contributed by atoms with van der Waals surface area (Å²) in [5, 5.41) is 2.16. The Labute approximate surface area is 158 Å². The lowest BCUT2D eigenvalue weighted by molar-refractivity contribution is 0.258. The molecule has 5 heteroatoms. The number of benzene rings is 2. The van der Waals surface area contributed by atoms with Crippen LogP contribution >= 0.6 is 0 Å². The van der Waals surface area contributed by atoms with Gasteiger partial charge in [0.25, 0.3) is 0 Å². The van der Waals surface area contributed by atoms with Crippen molar-refractivity contribution in [3.8, 4) is 17.2 Å². The second-order valence-electron chi connectivity index (χ2n) is 7.39. The van der Waals surface area contributed by atoms with Crippen LogP contribution < -0.4 is 14.2 Å². The highest BCUT2D eigenvalue weighted by Gasteiger charge is 2.29. The number of methoxy groups -OCH3 is 1. The Bertz CT molecular complexity index is 909. The average molecular weight is 368 g/mol. The lowest BCUT2D eigenvalue weighted by Gasteiger charge is -2.24. The number of rotatable bonds is 7. The Morgan fingerprint density at radius 2 is 1.52 bits per heavy atom. The summed E-state index contributed by atoms with van der Waals surface area (Å²) in [5.74, 6) is 2.74. The number of hydrogen-bond donors (Lipinski definition) is 0. The van der Waals surface area contributed by atoms with E-state index in [9.17, 15) is 0 Å². The standard InChI is InChI=1S/C22H24O5/c1-13-7-14(23-2)8-19-20(13)22(27-12-16-10-25-16)18-6-4-3-5-17(18)21(19)26-11-15-9-24-15/h3-4,7-8,15-16H,5-6,9-12H2,1-2H3. The fourth-order valence-electron chi connectivity index (χ4n) is 3.78. The molecule has 0 radical (unpaired) electrons. The second kappa shape index (κ2) is 6.73. The van der Waals surface area contributed by atoms with E-state index in [0.29, 0.717) is 13.2 Å². The van der Waals surface area contributed by atoms with Gasteiger partial charge in [0.2, 0.25) is 0 Å². The first-order valence-corrected chi connectivity index (χ1v) is 9.54. The number of aryl methyl sites for hydroxylation is 1. The number of hydrogen-bond acceptors (Lipinski definition) is 5. The largest absolute Gasteiger partial charge is 0.497 e. The molecule has 2 heterocycles. The zero-order chi connectivity index (χ0) is 18.4. The molecule has 5 rings (SSSR count). The van der Waals surface area contributed by atoms with Gasteiger partial charge in [-0.3, -0.25) is 0 Å². The minimum absolute atomic E-state index is 0.212. The topological polar surface area (TPSA) is 52.8 Å². The molecule has 0 spiro atoms. The molecule has 0 N–H and O–H groups in total. The highest BCUT2D eigenvalue weighted by Crippen LogP contribution is 2.46. The summed E-state index contributed by atoms with van der Waals surface area (Å²) in [6, 6.07) is 4.12. The first kappa shape index (κ1) is 16.9. The summed E-state index contributed by atoms with van der Waals surface area (Å²) < 4.78 is 28.8. The van der Waals surface area contributed by atoms with Crippen LogP contribution in [0, 0.1) is 6.92 Å². The van der Waals surface area contributed by atoms with Gasteiger partial charge in [0, 0.05) is 21.9 Å². The quantitative estimate of drug-likeness (QED) is 0.554. The SMILES string of the molecule is COc1cc(C)c2c(OCC3CO3)c3c(c(OCC4CO4)c2c1)CC=CC3. The van der Waals surface area contributed by atoms with Gasteiger partial charge in [-0.25, -0.2) is 0 Å². The molecule has 0 bridgehead atoms. The van der Waals surface area contributed by atoms with E-state index in [1.54, 1.807) is 7.11 Å². The Kier molecular flexibility index (Phi) is 4.21. The first-order valence-electron chi connectivity index (χ1n) is 9.54. The fraction of sp³-hybridized carbons (Fsp3) is 0.455. The third kappa shape index (κ3) is 3.26. The lowest BCUT2D eigenvalue weighted by atomic mass is 9.89. The third-order valence-electron chi connectivity index (χ3n) is 5.37. The average Bonchev–Trinajstić information content (AvgIpc) is 3.59. The van der Waals surface area contributed by atoms with Crippen molar-refractivity contribution in [2.75, 3.05) is 33.5 Å². The Balaban J connectivity index is 1.69. The predicted octanol–water partition coefficient (Wildman–Crippen LogP) is 3.37. The van der Waals surface area contributed by atoms with Crippen LogP contribution in [-0.2, 0) is 22.3 Å². The van der Waals surface area contributed by atoms with Gasteiger partial charge < -0.3 is 23.7 Å². The third-order valence-corrected chi connectivity index (χ3v) is 5.37. The summed E-state index contributed by atoms with van der Waals surface area (Å²) in [7, 11) is 1.70. The van der Waals surface area contributed by atoms with Crippen LogP contribution in [-0.4, -0.2) is 45.7 Å². The van der Waals surface area contributed by atoms with Crippen LogP contribution in [0.15, 0.2) is 24.3 Å². The molecule has 1 aliphatic carbocycles. The van der Waals surface area contributed by atoms with Crippen molar-refractivity contribution in [2.24, 2.45) is 0 Å². The predicted molar refractivity (Wildman–Crippen MR) is 102 cm³/mol. The molecule has 2 aromatic rings. The van der Waals surface area contributed by atoms with Crippen LogP contribution in [0.3, 0.4) is 0 Å². The van der Waals surface area contributed by atoms with Gasteiger partial charge in [-0.2, -0.15) is 0 Å². The summed E-state index contributed by atoms with van der Waals surface area (Å²) in [6.07, 6.45) is 6.55. The smallest absolute Gasteiger partial charge is 0.131 e. The zero-order valence-electron chi connectivity index (χ0n) is 15.7. The number of epoxide rings is 2. The van der Waals surface area contributed by atoms with Crippen LogP contribution in [0.1, 0.15) is 16.7 Å². The Morgan fingerprint density at radius 3 is 2.11 bits per heavy atom. The summed E-state index contributed by atoms with van der Waals surface area (Å²) in [5.41, 5.74) is 3.57. The normalized spacial score (nSPS) is 22.4. The molecule has 2 aliphatic heterocycles. The molecular formula is C22H24O5. The maximum atomic E-state index is 6.31. The number of fused-ring (bicyclic) bond motifs is 2. The van der Waals surface area contributed by atoms with Crippen molar-refractivity contribution in [1.82, 2.24) is 0 Å². The van der Waals surface area contributed by atoms with E-state index in [4.69, 9.17) is 23.7 Å². The van der Waals surface area contributed by atoms with Crippen LogP contribution in [0.2, 0.25) is 0 Å². The van der Waals surface area contributed by atoms with Gasteiger partial charge in [0.05, 0.1) is 20.3 Å². The van der Waals surface area contributed by atoms with Crippen molar-refractivity contribution in [2.45, 2.75) is 32.0 Å². The summed E-state index contributed by atoms with van der Waals surface area (Å²) in [6.45, 7) is 4.84. The Hall–Kier alpha value is -2.24. The van der Waals surface area contributed by atoms with Crippen molar-refractivity contribution >= 4 is 10.8 Å². The van der Waals surface area contributed by atoms with E-state index in [0.717, 1.165) is 59.6 Å². The van der Waals surface area contributed by atoms with E-state index in [1.807, 2.05) is 0 Å². The number of ether oxygens (including phenoxy) is 5. The minimum atomic E-state index is 0.212. The zero-order valence-corrected chi connectivity index (χ0v) is 15.7. The molecule has 2 atom stereocenters. The van der Waals surface area contributed by atoms with E-state index in [-0.39, 0.29) is 12.2 Å². The minimum Gasteiger partial charge on any atom is -0.497 e. The van der Waals surface area contributed by atoms with Crippen LogP contribution in [0.4, 0.5) is 0 Å². The van der Waals surface area contributed by atoms with Crippen LogP contribution in [0.5, 0.6) is 17.2 Å². The van der Waals surface area contributed by atoms with E-state index in [2.05, 4.69) is 31.2 Å². The molecule has 2 aromatic carbocycles. The molecule has 5 nitrogen and oxygen atoms in total. The van der Waals surface area contributed by atoms with Gasteiger partial charge in [-0.05, 0) is 37.5 Å². The highest BCUT2D eigenvalue weighted by molar-refractivity contribution is 5.99. The first-order chi connectivity index (χ1) is 13.2. The highest BCUT2D eigenvalue weighted by atomic mass is 16.6. The van der Waals surface area contributed by atoms with Gasteiger partial charge >= 0.3 is 0 Å². The molecule has 2 fully saturated rings. The van der Waals surface area contributed by atoms with E-state index < -0.39 is 0 Å². The van der Waals surface area contributed by atoms with Gasteiger partial charge in [0.1, 0.15) is 42.7 Å². The fourth-order valence-corrected chi connectivity index (χ4v) is 3.78. The maximum Gasteiger partial charge on any atom is 0.131 e. The lowest BCUT2D eigenvalue weighted by Crippen LogP contribution is -2.13. The van der Waals surface area contributed by atoms with Crippen molar-refractivity contribution in [1.29, 1.82) is 0 Å². The molecule has 2 unspecified atom stereocenters. The summed E-state index contributed by atoms with van der Waals surface area (Å²) in [4.78, 5) is 0.